The Kier molecular flexibility index (Phi) is 3.68. The molecule has 3 heteroatoms. The monoisotopic (exact) mass is 331 g/mol. The van der Waals surface area contributed by atoms with E-state index in [1.807, 2.05) is 12.1 Å². The van der Waals surface area contributed by atoms with E-state index in [1.165, 1.54) is 29.7 Å². The molecule has 0 N–H and O–H groups in total. The van der Waals surface area contributed by atoms with Gasteiger partial charge in [-0.25, -0.2) is 0 Å². The van der Waals surface area contributed by atoms with Crippen molar-refractivity contribution < 1.29 is 0 Å². The Bertz CT molecular complexity index is 712. The Balaban J connectivity index is 1.84. The van der Waals surface area contributed by atoms with Gasteiger partial charge < -0.3 is 4.90 Å². The van der Waals surface area contributed by atoms with Crippen LogP contribution in [0.3, 0.4) is 0 Å². The van der Waals surface area contributed by atoms with Crippen molar-refractivity contribution in [3.05, 3.63) is 69.2 Å². The number of likely N-dealkylation sites (tertiary alicyclic amines) is 1. The fourth-order valence-electron chi connectivity index (χ4n) is 4.33. The lowest BCUT2D eigenvalue weighted by molar-refractivity contribution is 0.265. The van der Waals surface area contributed by atoms with E-state index < -0.39 is 0 Å². The van der Waals surface area contributed by atoms with E-state index >= 15 is 0 Å². The summed E-state index contributed by atoms with van der Waals surface area (Å²) in [4.78, 5) is 2.51. The van der Waals surface area contributed by atoms with E-state index in [1.54, 1.807) is 0 Å². The molecule has 0 aromatic heterocycles. The van der Waals surface area contributed by atoms with Crippen molar-refractivity contribution in [3.8, 4) is 0 Å². The van der Waals surface area contributed by atoms with Gasteiger partial charge in [0.2, 0.25) is 0 Å². The lowest BCUT2D eigenvalue weighted by Crippen LogP contribution is -2.34. The van der Waals surface area contributed by atoms with Gasteiger partial charge in [-0.05, 0) is 55.3 Å². The third-order valence-corrected chi connectivity index (χ3v) is 5.97. The molecule has 0 spiro atoms. The lowest BCUT2D eigenvalue weighted by atomic mass is 9.71. The normalized spacial score (nSPS) is 27.5. The zero-order valence-electron chi connectivity index (χ0n) is 12.6. The average molecular weight is 332 g/mol. The smallest absolute Gasteiger partial charge is 0.0459 e. The van der Waals surface area contributed by atoms with Crippen LogP contribution in [0.5, 0.6) is 0 Å². The molecular formula is C19H19Cl2N. The SMILES string of the molecule is CN1CCC2c3ccccc3C(c3ccc(Cl)cc3Cl)CC21. The number of hydrogen-bond acceptors (Lipinski definition) is 1. The molecule has 0 amide bonds. The molecule has 1 aliphatic carbocycles. The first-order valence-corrected chi connectivity index (χ1v) is 8.65. The van der Waals surface area contributed by atoms with Crippen molar-refractivity contribution in [3.63, 3.8) is 0 Å². The van der Waals surface area contributed by atoms with Gasteiger partial charge in [0.1, 0.15) is 0 Å². The van der Waals surface area contributed by atoms with Crippen LogP contribution in [0, 0.1) is 0 Å². The summed E-state index contributed by atoms with van der Waals surface area (Å²) in [5.74, 6) is 1.03. The minimum Gasteiger partial charge on any atom is -0.303 e. The molecule has 2 aromatic carbocycles. The van der Waals surface area contributed by atoms with E-state index in [0.717, 1.165) is 11.4 Å². The van der Waals surface area contributed by atoms with Crippen molar-refractivity contribution in [2.75, 3.05) is 13.6 Å². The first-order valence-electron chi connectivity index (χ1n) is 7.89. The highest BCUT2D eigenvalue weighted by atomic mass is 35.5. The number of fused-ring (bicyclic) bond motifs is 3. The van der Waals surface area contributed by atoms with E-state index in [-0.39, 0.29) is 0 Å². The molecule has 0 saturated carbocycles. The van der Waals surface area contributed by atoms with Crippen LogP contribution in [0.15, 0.2) is 42.5 Å². The van der Waals surface area contributed by atoms with Crippen molar-refractivity contribution in [2.24, 2.45) is 0 Å². The number of hydrogen-bond donors (Lipinski definition) is 0. The number of halogens is 2. The topological polar surface area (TPSA) is 3.24 Å². The predicted octanol–water partition coefficient (Wildman–Crippen LogP) is 5.32. The number of benzene rings is 2. The van der Waals surface area contributed by atoms with Crippen molar-refractivity contribution in [2.45, 2.75) is 30.7 Å². The lowest BCUT2D eigenvalue weighted by Gasteiger charge is -2.37. The zero-order chi connectivity index (χ0) is 15.3. The summed E-state index contributed by atoms with van der Waals surface area (Å²) in [5, 5.41) is 1.49. The molecule has 114 valence electrons. The zero-order valence-corrected chi connectivity index (χ0v) is 14.1. The Morgan fingerprint density at radius 3 is 2.55 bits per heavy atom. The van der Waals surface area contributed by atoms with Gasteiger partial charge in [0.25, 0.3) is 0 Å². The molecule has 22 heavy (non-hydrogen) atoms. The van der Waals surface area contributed by atoms with E-state index in [2.05, 4.69) is 42.3 Å². The van der Waals surface area contributed by atoms with Crippen molar-refractivity contribution in [1.29, 1.82) is 0 Å². The van der Waals surface area contributed by atoms with Crippen molar-refractivity contribution >= 4 is 23.2 Å². The maximum atomic E-state index is 6.51. The second-order valence-corrected chi connectivity index (χ2v) is 7.37. The minimum absolute atomic E-state index is 0.364. The van der Waals surface area contributed by atoms with Crippen LogP contribution in [0.2, 0.25) is 10.0 Å². The first kappa shape index (κ1) is 14.6. The van der Waals surface area contributed by atoms with Gasteiger partial charge in [-0.1, -0.05) is 53.5 Å². The van der Waals surface area contributed by atoms with E-state index in [4.69, 9.17) is 23.2 Å². The number of nitrogens with zero attached hydrogens (tertiary/aromatic N) is 1. The maximum absolute atomic E-state index is 6.51. The van der Waals surface area contributed by atoms with Gasteiger partial charge in [-0.15, -0.1) is 0 Å². The molecule has 1 saturated heterocycles. The first-order chi connectivity index (χ1) is 10.6. The minimum atomic E-state index is 0.364. The van der Waals surface area contributed by atoms with Crippen LogP contribution in [0.25, 0.3) is 0 Å². The molecule has 1 heterocycles. The van der Waals surface area contributed by atoms with Gasteiger partial charge in [-0.2, -0.15) is 0 Å². The summed E-state index contributed by atoms with van der Waals surface area (Å²) in [6, 6.07) is 15.4. The Morgan fingerprint density at radius 1 is 1.00 bits per heavy atom. The molecule has 3 unspecified atom stereocenters. The van der Waals surface area contributed by atoms with Crippen LogP contribution < -0.4 is 0 Å². The molecule has 0 bridgehead atoms. The van der Waals surface area contributed by atoms with E-state index in [0.29, 0.717) is 22.9 Å². The molecule has 2 aliphatic rings. The molecule has 4 rings (SSSR count). The molecule has 2 aromatic rings. The number of likely N-dealkylation sites (N-methyl/N-ethyl adjacent to an activating group) is 1. The average Bonchev–Trinajstić information content (AvgIpc) is 2.88. The highest BCUT2D eigenvalue weighted by Crippen LogP contribution is 2.49. The largest absolute Gasteiger partial charge is 0.303 e. The van der Waals surface area contributed by atoms with Gasteiger partial charge >= 0.3 is 0 Å². The predicted molar refractivity (Wildman–Crippen MR) is 93.1 cm³/mol. The van der Waals surface area contributed by atoms with E-state index in [9.17, 15) is 0 Å². The third kappa shape index (κ3) is 2.27. The van der Waals surface area contributed by atoms with Crippen LogP contribution in [-0.2, 0) is 0 Å². The molecule has 0 radical (unpaired) electrons. The fraction of sp³-hybridized carbons (Fsp3) is 0.368. The van der Waals surface area contributed by atoms with Crippen molar-refractivity contribution in [1.82, 2.24) is 4.90 Å². The second kappa shape index (κ2) is 5.56. The summed E-state index contributed by atoms with van der Waals surface area (Å²) in [7, 11) is 2.25. The van der Waals surface area contributed by atoms with Crippen LogP contribution >= 0.6 is 23.2 Å². The third-order valence-electron chi connectivity index (χ3n) is 5.41. The Hall–Kier alpha value is -1.02. The molecular weight excluding hydrogens is 313 g/mol. The van der Waals surface area contributed by atoms with Gasteiger partial charge in [0.05, 0.1) is 0 Å². The summed E-state index contributed by atoms with van der Waals surface area (Å²) in [5.41, 5.74) is 4.17. The quantitative estimate of drug-likeness (QED) is 0.683. The van der Waals surface area contributed by atoms with Crippen LogP contribution in [0.4, 0.5) is 0 Å². The standard InChI is InChI=1S/C19H19Cl2N/c1-22-9-8-16-13-4-2-3-5-14(13)17(11-19(16)22)15-7-6-12(20)10-18(15)21/h2-7,10,16-17,19H,8-9,11H2,1H3. The highest BCUT2D eigenvalue weighted by molar-refractivity contribution is 6.35. The summed E-state index contributed by atoms with van der Waals surface area (Å²) in [6.45, 7) is 1.19. The molecule has 1 fully saturated rings. The van der Waals surface area contributed by atoms with Gasteiger partial charge in [0.15, 0.2) is 0 Å². The summed E-state index contributed by atoms with van der Waals surface area (Å²) in [6.07, 6.45) is 2.40. The van der Waals surface area contributed by atoms with Crippen LogP contribution in [-0.4, -0.2) is 24.5 Å². The van der Waals surface area contributed by atoms with Gasteiger partial charge in [-0.3, -0.25) is 0 Å². The molecule has 1 aliphatic heterocycles. The molecule has 3 atom stereocenters. The fourth-order valence-corrected chi connectivity index (χ4v) is 4.87. The second-order valence-electron chi connectivity index (χ2n) is 6.53. The molecule has 1 nitrogen and oxygen atoms in total. The Labute approximate surface area is 141 Å². The Morgan fingerprint density at radius 2 is 1.77 bits per heavy atom. The summed E-state index contributed by atoms with van der Waals surface area (Å²) < 4.78 is 0. The van der Waals surface area contributed by atoms with Crippen LogP contribution in [0.1, 0.15) is 41.4 Å². The highest BCUT2D eigenvalue weighted by Gasteiger charge is 2.41. The summed E-state index contributed by atoms with van der Waals surface area (Å²) >= 11 is 12.6. The van der Waals surface area contributed by atoms with Gasteiger partial charge in [0, 0.05) is 27.9 Å². The number of rotatable bonds is 1. The maximum Gasteiger partial charge on any atom is 0.0459 e.